The van der Waals surface area contributed by atoms with Crippen molar-refractivity contribution in [3.63, 3.8) is 0 Å². The van der Waals surface area contributed by atoms with Crippen LogP contribution in [0, 0.1) is 11.7 Å². The van der Waals surface area contributed by atoms with Crippen LogP contribution in [0.15, 0.2) is 78.9 Å². The first-order chi connectivity index (χ1) is 17.1. The molecule has 0 radical (unpaired) electrons. The first-order valence-corrected chi connectivity index (χ1v) is 12.3. The molecule has 2 atom stereocenters. The number of carbonyl (C=O) groups excluding carboxylic acids is 1. The SMILES string of the molecule is COc1cccc(C(=O)N2C[C@H](CN3CCN(c4ccccc4)CC3)[C@@H](c3cccc(F)c3)C2)c1. The number of hydrogen-bond donors (Lipinski definition) is 0. The van der Waals surface area contributed by atoms with Crippen molar-refractivity contribution in [1.29, 1.82) is 0 Å². The van der Waals surface area contributed by atoms with Gasteiger partial charge in [0, 0.05) is 63.0 Å². The zero-order valence-electron chi connectivity index (χ0n) is 20.1. The summed E-state index contributed by atoms with van der Waals surface area (Å²) in [5.41, 5.74) is 2.86. The molecular formula is C29H32FN3O2. The Bertz CT molecular complexity index is 1150. The summed E-state index contributed by atoms with van der Waals surface area (Å²) < 4.78 is 19.4. The topological polar surface area (TPSA) is 36.0 Å². The van der Waals surface area contributed by atoms with Crippen LogP contribution in [0.25, 0.3) is 0 Å². The summed E-state index contributed by atoms with van der Waals surface area (Å²) in [6, 6.07) is 24.7. The minimum absolute atomic E-state index is 0.00157. The van der Waals surface area contributed by atoms with E-state index in [4.69, 9.17) is 4.74 Å². The smallest absolute Gasteiger partial charge is 0.254 e. The molecule has 0 spiro atoms. The zero-order valence-corrected chi connectivity index (χ0v) is 20.1. The molecule has 6 heteroatoms. The van der Waals surface area contributed by atoms with Crippen LogP contribution in [0.1, 0.15) is 21.8 Å². The zero-order chi connectivity index (χ0) is 24.2. The Morgan fingerprint density at radius 2 is 1.69 bits per heavy atom. The second-order valence-electron chi connectivity index (χ2n) is 9.49. The molecule has 0 aliphatic carbocycles. The van der Waals surface area contributed by atoms with Gasteiger partial charge in [0.15, 0.2) is 0 Å². The van der Waals surface area contributed by atoms with Crippen LogP contribution in [0.5, 0.6) is 5.75 Å². The molecule has 0 N–H and O–H groups in total. The summed E-state index contributed by atoms with van der Waals surface area (Å²) in [5.74, 6) is 0.795. The van der Waals surface area contributed by atoms with Gasteiger partial charge in [-0.3, -0.25) is 9.69 Å². The standard InChI is InChI=1S/C29H32FN3O2/c1-35-27-12-6-8-23(18-27)29(34)33-20-24(28(21-33)22-7-5-9-25(30)17-22)19-31-13-15-32(16-14-31)26-10-3-2-4-11-26/h2-12,17-18,24,28H,13-16,19-21H2,1H3/t24-,28+/m0/s1. The molecule has 3 aromatic carbocycles. The van der Waals surface area contributed by atoms with Gasteiger partial charge < -0.3 is 14.5 Å². The Labute approximate surface area is 206 Å². The quantitative estimate of drug-likeness (QED) is 0.528. The Hall–Kier alpha value is -3.38. The summed E-state index contributed by atoms with van der Waals surface area (Å²) in [6.45, 7) is 6.06. The second-order valence-corrected chi connectivity index (χ2v) is 9.49. The normalized spacial score (nSPS) is 20.7. The molecule has 182 valence electrons. The number of para-hydroxylation sites is 1. The molecule has 2 aliphatic rings. The molecule has 5 nitrogen and oxygen atoms in total. The second kappa shape index (κ2) is 10.5. The third-order valence-electron chi connectivity index (χ3n) is 7.31. The molecule has 3 aromatic rings. The van der Waals surface area contributed by atoms with Crippen LogP contribution in [0.4, 0.5) is 10.1 Å². The maximum absolute atomic E-state index is 14.1. The predicted octanol–water partition coefficient (Wildman–Crippen LogP) is 4.51. The number of benzene rings is 3. The number of piperazine rings is 1. The molecule has 1 amide bonds. The first kappa shape index (κ1) is 23.4. The molecule has 0 saturated carbocycles. The number of hydrogen-bond acceptors (Lipinski definition) is 4. The van der Waals surface area contributed by atoms with Gasteiger partial charge in [-0.25, -0.2) is 4.39 Å². The first-order valence-electron chi connectivity index (χ1n) is 12.3. The van der Waals surface area contributed by atoms with Crippen molar-refractivity contribution < 1.29 is 13.9 Å². The molecule has 0 bridgehead atoms. The largest absolute Gasteiger partial charge is 0.497 e. The fourth-order valence-corrected chi connectivity index (χ4v) is 5.43. The van der Waals surface area contributed by atoms with E-state index in [2.05, 4.69) is 34.1 Å². The molecule has 2 heterocycles. The van der Waals surface area contributed by atoms with Gasteiger partial charge in [0.25, 0.3) is 5.91 Å². The molecular weight excluding hydrogens is 441 g/mol. The van der Waals surface area contributed by atoms with Gasteiger partial charge in [0.05, 0.1) is 7.11 Å². The summed E-state index contributed by atoms with van der Waals surface area (Å²) in [4.78, 5) is 20.2. The maximum Gasteiger partial charge on any atom is 0.254 e. The van der Waals surface area contributed by atoms with E-state index >= 15 is 0 Å². The van der Waals surface area contributed by atoms with Gasteiger partial charge in [-0.2, -0.15) is 0 Å². The van der Waals surface area contributed by atoms with E-state index in [1.165, 1.54) is 11.8 Å². The van der Waals surface area contributed by atoms with Crippen LogP contribution in [0.2, 0.25) is 0 Å². The predicted molar refractivity (Wildman–Crippen MR) is 137 cm³/mol. The van der Waals surface area contributed by atoms with Crippen LogP contribution in [0.3, 0.4) is 0 Å². The van der Waals surface area contributed by atoms with Crippen molar-refractivity contribution in [2.45, 2.75) is 5.92 Å². The average Bonchev–Trinajstić information content (AvgIpc) is 3.33. The van der Waals surface area contributed by atoms with Crippen LogP contribution in [-0.4, -0.2) is 68.6 Å². The molecule has 35 heavy (non-hydrogen) atoms. The summed E-state index contributed by atoms with van der Waals surface area (Å²) >= 11 is 0. The van der Waals surface area contributed by atoms with E-state index in [1.54, 1.807) is 25.3 Å². The number of methoxy groups -OCH3 is 1. The molecule has 0 unspecified atom stereocenters. The van der Waals surface area contributed by atoms with Gasteiger partial charge in [-0.05, 0) is 53.9 Å². The van der Waals surface area contributed by atoms with Crippen molar-refractivity contribution in [3.05, 3.63) is 95.8 Å². The lowest BCUT2D eigenvalue weighted by molar-refractivity contribution is 0.0782. The Kier molecular flexibility index (Phi) is 7.00. The molecule has 2 saturated heterocycles. The van der Waals surface area contributed by atoms with E-state index < -0.39 is 0 Å². The Morgan fingerprint density at radius 3 is 2.43 bits per heavy atom. The number of amides is 1. The molecule has 0 aromatic heterocycles. The minimum Gasteiger partial charge on any atom is -0.497 e. The van der Waals surface area contributed by atoms with Crippen molar-refractivity contribution in [2.24, 2.45) is 5.92 Å². The highest BCUT2D eigenvalue weighted by molar-refractivity contribution is 5.94. The highest BCUT2D eigenvalue weighted by Crippen LogP contribution is 2.35. The number of carbonyl (C=O) groups is 1. The van der Waals surface area contributed by atoms with Gasteiger partial charge in [-0.1, -0.05) is 36.4 Å². The highest BCUT2D eigenvalue weighted by atomic mass is 19.1. The summed E-state index contributed by atoms with van der Waals surface area (Å²) in [5, 5.41) is 0. The van der Waals surface area contributed by atoms with Crippen molar-refractivity contribution in [3.8, 4) is 5.75 Å². The third kappa shape index (κ3) is 5.33. The van der Waals surface area contributed by atoms with E-state index in [9.17, 15) is 9.18 Å². The number of halogens is 1. The monoisotopic (exact) mass is 473 g/mol. The average molecular weight is 474 g/mol. The van der Waals surface area contributed by atoms with Crippen molar-refractivity contribution in [2.75, 3.05) is 57.8 Å². The lowest BCUT2D eigenvalue weighted by Crippen LogP contribution is -2.48. The van der Waals surface area contributed by atoms with Crippen LogP contribution in [-0.2, 0) is 0 Å². The molecule has 2 aliphatic heterocycles. The number of rotatable bonds is 6. The van der Waals surface area contributed by atoms with Crippen LogP contribution < -0.4 is 9.64 Å². The lowest BCUT2D eigenvalue weighted by atomic mass is 9.88. The summed E-state index contributed by atoms with van der Waals surface area (Å²) in [7, 11) is 1.60. The van der Waals surface area contributed by atoms with Crippen LogP contribution >= 0.6 is 0 Å². The van der Waals surface area contributed by atoms with Gasteiger partial charge >= 0.3 is 0 Å². The maximum atomic E-state index is 14.1. The van der Waals surface area contributed by atoms with Crippen molar-refractivity contribution in [1.82, 2.24) is 9.80 Å². The van der Waals surface area contributed by atoms with E-state index in [1.807, 2.05) is 35.2 Å². The fourth-order valence-electron chi connectivity index (χ4n) is 5.43. The van der Waals surface area contributed by atoms with Gasteiger partial charge in [-0.15, -0.1) is 0 Å². The summed E-state index contributed by atoms with van der Waals surface area (Å²) in [6.07, 6.45) is 0. The molecule has 5 rings (SSSR count). The minimum atomic E-state index is -0.227. The fraction of sp³-hybridized carbons (Fsp3) is 0.345. The highest BCUT2D eigenvalue weighted by Gasteiger charge is 2.38. The number of anilines is 1. The lowest BCUT2D eigenvalue weighted by Gasteiger charge is -2.37. The van der Waals surface area contributed by atoms with Crippen molar-refractivity contribution >= 4 is 11.6 Å². The number of ether oxygens (including phenoxy) is 1. The molecule has 2 fully saturated rings. The third-order valence-corrected chi connectivity index (χ3v) is 7.31. The van der Waals surface area contributed by atoms with Gasteiger partial charge in [0.2, 0.25) is 0 Å². The van der Waals surface area contributed by atoms with E-state index in [-0.39, 0.29) is 23.6 Å². The van der Waals surface area contributed by atoms with E-state index in [0.717, 1.165) is 38.3 Å². The van der Waals surface area contributed by atoms with E-state index in [0.29, 0.717) is 24.4 Å². The van der Waals surface area contributed by atoms with Gasteiger partial charge in [0.1, 0.15) is 11.6 Å². The number of nitrogens with zero attached hydrogens (tertiary/aromatic N) is 3. The number of likely N-dealkylation sites (tertiary alicyclic amines) is 1. The Morgan fingerprint density at radius 1 is 0.914 bits per heavy atom. The Balaban J connectivity index is 1.30.